The van der Waals surface area contributed by atoms with Gasteiger partial charge in [0.2, 0.25) is 0 Å². The molecule has 1 saturated carbocycles. The second-order valence-electron chi connectivity index (χ2n) is 4.62. The molecule has 2 N–H and O–H groups in total. The van der Waals surface area contributed by atoms with Crippen LogP contribution >= 0.6 is 22.6 Å². The lowest BCUT2D eigenvalue weighted by Gasteiger charge is -2.27. The highest BCUT2D eigenvalue weighted by Crippen LogP contribution is 2.71. The van der Waals surface area contributed by atoms with Crippen LogP contribution in [0.1, 0.15) is 6.23 Å². The molecule has 9 heteroatoms. The molecule has 1 aromatic heterocycles. The Morgan fingerprint density at radius 2 is 2.20 bits per heavy atom. The second kappa shape index (κ2) is 3.69. The molecule has 0 radical (unpaired) electrons. The predicted octanol–water partition coefficient (Wildman–Crippen LogP) is -0.379. The molecule has 20 heavy (non-hydrogen) atoms. The number of terminal acetylenes is 1. The normalized spacial score (nSPS) is 45.8. The molecule has 106 valence electrons. The summed E-state index contributed by atoms with van der Waals surface area (Å²) in [6, 6.07) is 0.933. The standard InChI is InChI=1S/C11H7F2IN2O4/c1-2-9(12)7(16-4-3-5(17)15-8(16)18)20-11(13)6(14)10(9,11)19/h1,3-4,6-7,19H,(H,15,17,18)/t6?,7-,9+,10+,11-/m1/s1. The number of nitrogens with one attached hydrogen (secondary N) is 1. The first-order valence-electron chi connectivity index (χ1n) is 5.43. The number of halogens is 3. The Morgan fingerprint density at radius 1 is 1.55 bits per heavy atom. The summed E-state index contributed by atoms with van der Waals surface area (Å²) < 4.78 is 33.4. The van der Waals surface area contributed by atoms with Crippen molar-refractivity contribution < 1.29 is 18.6 Å². The van der Waals surface area contributed by atoms with Gasteiger partial charge in [0.15, 0.2) is 11.8 Å². The average Bonchev–Trinajstić information content (AvgIpc) is 2.74. The maximum atomic E-state index is 14.9. The molecule has 0 bridgehead atoms. The summed E-state index contributed by atoms with van der Waals surface area (Å²) in [6.07, 6.45) is 4.14. The van der Waals surface area contributed by atoms with E-state index < -0.39 is 38.5 Å². The Hall–Kier alpha value is -1.25. The van der Waals surface area contributed by atoms with Crippen molar-refractivity contribution in [1.82, 2.24) is 9.55 Å². The Kier molecular flexibility index (Phi) is 2.53. The quantitative estimate of drug-likeness (QED) is 0.385. The first kappa shape index (κ1) is 13.7. The summed E-state index contributed by atoms with van der Waals surface area (Å²) in [5.41, 5.74) is -7.19. The molecule has 1 aromatic rings. The third-order valence-corrected chi connectivity index (χ3v) is 5.32. The van der Waals surface area contributed by atoms with E-state index in [4.69, 9.17) is 11.2 Å². The molecule has 2 aliphatic rings. The highest BCUT2D eigenvalue weighted by atomic mass is 127. The molecular formula is C11H7F2IN2O4. The number of hydrogen-bond donors (Lipinski definition) is 2. The van der Waals surface area contributed by atoms with Gasteiger partial charge in [-0.15, -0.1) is 6.42 Å². The van der Waals surface area contributed by atoms with Gasteiger partial charge >= 0.3 is 5.69 Å². The van der Waals surface area contributed by atoms with E-state index in [9.17, 15) is 23.5 Å². The fraction of sp³-hybridized carbons (Fsp3) is 0.455. The summed E-state index contributed by atoms with van der Waals surface area (Å²) in [5.74, 6) is -0.992. The highest BCUT2D eigenvalue weighted by molar-refractivity contribution is 14.1. The molecule has 5 atom stereocenters. The lowest BCUT2D eigenvalue weighted by Crippen LogP contribution is -2.48. The number of rotatable bonds is 1. The second-order valence-corrected chi connectivity index (χ2v) is 5.86. The molecule has 0 amide bonds. The van der Waals surface area contributed by atoms with Crippen molar-refractivity contribution in [3.8, 4) is 12.3 Å². The van der Waals surface area contributed by atoms with Crippen LogP contribution in [0, 0.1) is 12.3 Å². The molecular weight excluding hydrogens is 389 g/mol. The number of aromatic amines is 1. The number of aliphatic hydroxyl groups is 1. The zero-order valence-electron chi connectivity index (χ0n) is 9.64. The van der Waals surface area contributed by atoms with Crippen LogP contribution in [0.25, 0.3) is 0 Å². The van der Waals surface area contributed by atoms with Gasteiger partial charge in [0.05, 0.1) is 0 Å². The third-order valence-electron chi connectivity index (χ3n) is 3.62. The van der Waals surface area contributed by atoms with Crippen molar-refractivity contribution in [2.75, 3.05) is 0 Å². The van der Waals surface area contributed by atoms with Gasteiger partial charge in [0.1, 0.15) is 3.92 Å². The molecule has 3 rings (SSSR count). The minimum atomic E-state index is -2.93. The van der Waals surface area contributed by atoms with Gasteiger partial charge in [-0.25, -0.2) is 13.6 Å². The van der Waals surface area contributed by atoms with Gasteiger partial charge in [-0.1, -0.05) is 28.5 Å². The molecule has 1 saturated heterocycles. The van der Waals surface area contributed by atoms with Crippen molar-refractivity contribution >= 4 is 22.6 Å². The zero-order chi connectivity index (χ0) is 14.9. The largest absolute Gasteiger partial charge is 0.379 e. The van der Waals surface area contributed by atoms with Crippen LogP contribution in [-0.2, 0) is 4.74 Å². The van der Waals surface area contributed by atoms with Crippen molar-refractivity contribution in [3.63, 3.8) is 0 Å². The van der Waals surface area contributed by atoms with E-state index in [1.807, 2.05) is 4.98 Å². The Labute approximate surface area is 123 Å². The Balaban J connectivity index is 2.16. The van der Waals surface area contributed by atoms with Crippen molar-refractivity contribution in [1.29, 1.82) is 0 Å². The number of fused-ring (bicyclic) bond motifs is 1. The van der Waals surface area contributed by atoms with E-state index in [1.54, 1.807) is 5.92 Å². The Bertz CT molecular complexity index is 758. The van der Waals surface area contributed by atoms with Gasteiger partial charge in [-0.05, 0) is 0 Å². The van der Waals surface area contributed by atoms with Gasteiger partial charge in [-0.2, -0.15) is 0 Å². The Morgan fingerprint density at radius 3 is 2.75 bits per heavy atom. The molecule has 0 spiro atoms. The molecule has 2 heterocycles. The molecule has 1 aliphatic carbocycles. The lowest BCUT2D eigenvalue weighted by molar-refractivity contribution is -0.126. The number of aromatic nitrogens is 2. The van der Waals surface area contributed by atoms with Crippen LogP contribution < -0.4 is 11.2 Å². The average molecular weight is 396 g/mol. The van der Waals surface area contributed by atoms with E-state index in [0.717, 1.165) is 12.3 Å². The molecule has 0 aromatic carbocycles. The predicted molar refractivity (Wildman–Crippen MR) is 70.7 cm³/mol. The van der Waals surface area contributed by atoms with E-state index >= 15 is 0 Å². The topological polar surface area (TPSA) is 84.3 Å². The minimum absolute atomic E-state index is 0.607. The number of nitrogens with zero attached hydrogens (tertiary/aromatic N) is 1. The summed E-state index contributed by atoms with van der Waals surface area (Å²) in [5, 5.41) is 10.1. The third kappa shape index (κ3) is 1.25. The van der Waals surface area contributed by atoms with Crippen molar-refractivity contribution in [2.24, 2.45) is 0 Å². The number of hydrogen-bond acceptors (Lipinski definition) is 4. The van der Waals surface area contributed by atoms with Crippen LogP contribution in [0.3, 0.4) is 0 Å². The summed E-state index contributed by atoms with van der Waals surface area (Å²) in [7, 11) is 0. The van der Waals surface area contributed by atoms with Crippen LogP contribution in [0.4, 0.5) is 8.78 Å². The first-order chi connectivity index (χ1) is 9.22. The van der Waals surface area contributed by atoms with Gasteiger partial charge in [-0.3, -0.25) is 14.3 Å². The number of H-pyrrole nitrogens is 1. The van der Waals surface area contributed by atoms with Crippen LogP contribution in [0.5, 0.6) is 0 Å². The maximum absolute atomic E-state index is 14.9. The number of ether oxygens (including phenoxy) is 1. The molecule has 6 nitrogen and oxygen atoms in total. The van der Waals surface area contributed by atoms with Gasteiger partial charge in [0.25, 0.3) is 17.1 Å². The SMILES string of the molecule is C#C[C@]1(F)[C@H](n2ccc(=O)[nH]c2=O)O[C@]2(F)C(I)[C@@]21O. The highest BCUT2D eigenvalue weighted by Gasteiger charge is 2.95. The molecule has 2 fully saturated rings. The minimum Gasteiger partial charge on any atom is -0.379 e. The van der Waals surface area contributed by atoms with E-state index in [0.29, 0.717) is 4.57 Å². The molecule has 1 aliphatic heterocycles. The summed E-state index contributed by atoms with van der Waals surface area (Å²) in [4.78, 5) is 24.5. The smallest absolute Gasteiger partial charge is 0.330 e. The maximum Gasteiger partial charge on any atom is 0.330 e. The summed E-state index contributed by atoms with van der Waals surface area (Å²) in [6.45, 7) is 0. The lowest BCUT2D eigenvalue weighted by atomic mass is 9.96. The van der Waals surface area contributed by atoms with E-state index in [-0.39, 0.29) is 0 Å². The van der Waals surface area contributed by atoms with Gasteiger partial charge < -0.3 is 9.84 Å². The van der Waals surface area contributed by atoms with Crippen LogP contribution in [-0.4, -0.2) is 35.7 Å². The van der Waals surface area contributed by atoms with E-state index in [2.05, 4.69) is 0 Å². The monoisotopic (exact) mass is 396 g/mol. The van der Waals surface area contributed by atoms with Gasteiger partial charge in [0, 0.05) is 12.3 Å². The summed E-state index contributed by atoms with van der Waals surface area (Å²) >= 11 is 1.49. The van der Waals surface area contributed by atoms with Crippen molar-refractivity contribution in [2.45, 2.75) is 27.3 Å². The fourth-order valence-corrected chi connectivity index (χ4v) is 3.73. The zero-order valence-corrected chi connectivity index (χ0v) is 11.8. The van der Waals surface area contributed by atoms with Crippen molar-refractivity contribution in [3.05, 3.63) is 33.1 Å². The first-order valence-corrected chi connectivity index (χ1v) is 6.68. The molecule has 1 unspecified atom stereocenters. The van der Waals surface area contributed by atoms with Crippen LogP contribution in [0.15, 0.2) is 21.9 Å². The van der Waals surface area contributed by atoms with Crippen LogP contribution in [0.2, 0.25) is 0 Å². The number of alkyl halides is 3. The fourth-order valence-electron chi connectivity index (χ4n) is 2.41. The van der Waals surface area contributed by atoms with E-state index in [1.165, 1.54) is 22.6 Å².